The Morgan fingerprint density at radius 3 is 2.56 bits per heavy atom. The molecule has 2 N–H and O–H groups in total. The van der Waals surface area contributed by atoms with Gasteiger partial charge in [0.15, 0.2) is 0 Å². The predicted molar refractivity (Wildman–Crippen MR) is 66.5 cm³/mol. The van der Waals surface area contributed by atoms with E-state index in [1.54, 1.807) is 6.07 Å². The molecular formula is C14H21NO. The fourth-order valence-corrected chi connectivity index (χ4v) is 2.10. The molecule has 0 spiro atoms. The minimum Gasteiger partial charge on any atom is -0.508 e. The lowest BCUT2D eigenvalue weighted by Crippen LogP contribution is -2.35. The Labute approximate surface area is 97.7 Å². The molecular weight excluding hydrogens is 198 g/mol. The van der Waals surface area contributed by atoms with Crippen molar-refractivity contribution >= 4 is 0 Å². The molecule has 1 aromatic rings. The Morgan fingerprint density at radius 1 is 1.31 bits per heavy atom. The van der Waals surface area contributed by atoms with Crippen LogP contribution >= 0.6 is 0 Å². The van der Waals surface area contributed by atoms with E-state index < -0.39 is 0 Å². The van der Waals surface area contributed by atoms with Crippen LogP contribution < -0.4 is 5.32 Å². The number of nitrogens with one attached hydrogen (secondary N) is 1. The third-order valence-electron chi connectivity index (χ3n) is 3.95. The summed E-state index contributed by atoms with van der Waals surface area (Å²) in [4.78, 5) is 0. The molecule has 2 atom stereocenters. The second kappa shape index (κ2) is 4.10. The first-order valence-electron chi connectivity index (χ1n) is 6.06. The first kappa shape index (κ1) is 11.5. The van der Waals surface area contributed by atoms with Crippen molar-refractivity contribution < 1.29 is 5.11 Å². The quantitative estimate of drug-likeness (QED) is 0.815. The van der Waals surface area contributed by atoms with Gasteiger partial charge in [-0.1, -0.05) is 19.1 Å². The zero-order chi connectivity index (χ0) is 11.8. The zero-order valence-electron chi connectivity index (χ0n) is 10.3. The largest absolute Gasteiger partial charge is 0.508 e. The van der Waals surface area contributed by atoms with Crippen LogP contribution in [0.3, 0.4) is 0 Å². The summed E-state index contributed by atoms with van der Waals surface area (Å²) in [5.74, 6) is 0.344. The van der Waals surface area contributed by atoms with Gasteiger partial charge in [0.2, 0.25) is 0 Å². The number of phenols is 1. The van der Waals surface area contributed by atoms with Crippen molar-refractivity contribution in [2.75, 3.05) is 0 Å². The number of benzene rings is 1. The molecule has 1 aliphatic rings. The molecule has 88 valence electrons. The molecule has 0 aliphatic heterocycles. The van der Waals surface area contributed by atoms with Crippen molar-refractivity contribution in [1.29, 1.82) is 0 Å². The summed E-state index contributed by atoms with van der Waals surface area (Å²) < 4.78 is 0. The monoisotopic (exact) mass is 219 g/mol. The second-order valence-electron chi connectivity index (χ2n) is 5.36. The molecule has 0 radical (unpaired) electrons. The van der Waals surface area contributed by atoms with Crippen LogP contribution in [0.15, 0.2) is 24.3 Å². The van der Waals surface area contributed by atoms with E-state index in [9.17, 15) is 5.11 Å². The molecule has 0 bridgehead atoms. The van der Waals surface area contributed by atoms with E-state index >= 15 is 0 Å². The number of aromatic hydroxyl groups is 1. The van der Waals surface area contributed by atoms with Crippen LogP contribution in [0.25, 0.3) is 0 Å². The van der Waals surface area contributed by atoms with Gasteiger partial charge in [-0.3, -0.25) is 0 Å². The number of hydrogen-bond donors (Lipinski definition) is 2. The van der Waals surface area contributed by atoms with Gasteiger partial charge < -0.3 is 10.4 Å². The molecule has 1 saturated carbocycles. The maximum absolute atomic E-state index is 9.44. The van der Waals surface area contributed by atoms with Crippen molar-refractivity contribution in [3.05, 3.63) is 29.8 Å². The van der Waals surface area contributed by atoms with E-state index in [-0.39, 0.29) is 0 Å². The Hall–Kier alpha value is -1.02. The predicted octanol–water partition coefficient (Wildman–Crippen LogP) is 3.23. The van der Waals surface area contributed by atoms with E-state index in [1.165, 1.54) is 12.8 Å². The van der Waals surface area contributed by atoms with Gasteiger partial charge in [0.1, 0.15) is 5.75 Å². The summed E-state index contributed by atoms with van der Waals surface area (Å²) in [6.07, 6.45) is 2.65. The van der Waals surface area contributed by atoms with Gasteiger partial charge in [0.25, 0.3) is 0 Å². The Balaban J connectivity index is 2.00. The van der Waals surface area contributed by atoms with E-state index in [0.29, 0.717) is 23.2 Å². The van der Waals surface area contributed by atoms with Crippen molar-refractivity contribution in [3.8, 4) is 5.75 Å². The Bertz CT molecular complexity index is 371. The van der Waals surface area contributed by atoms with Gasteiger partial charge in [0.05, 0.1) is 0 Å². The molecule has 2 nitrogen and oxygen atoms in total. The fourth-order valence-electron chi connectivity index (χ4n) is 2.10. The van der Waals surface area contributed by atoms with Crippen LogP contribution in [0, 0.1) is 5.41 Å². The first-order chi connectivity index (χ1) is 7.51. The highest BCUT2D eigenvalue weighted by atomic mass is 16.3. The summed E-state index contributed by atoms with van der Waals surface area (Å²) in [6, 6.07) is 8.32. The molecule has 0 saturated heterocycles. The van der Waals surface area contributed by atoms with Crippen molar-refractivity contribution in [2.45, 2.75) is 45.7 Å². The number of hydrogen-bond acceptors (Lipinski definition) is 2. The van der Waals surface area contributed by atoms with Crippen LogP contribution in [-0.2, 0) is 0 Å². The molecule has 1 aromatic carbocycles. The SMILES string of the molecule is CC(NC(C)C1(C)CC1)c1cccc(O)c1. The summed E-state index contributed by atoms with van der Waals surface area (Å²) in [5.41, 5.74) is 1.64. The van der Waals surface area contributed by atoms with Gasteiger partial charge >= 0.3 is 0 Å². The van der Waals surface area contributed by atoms with E-state index in [0.717, 1.165) is 5.56 Å². The highest BCUT2D eigenvalue weighted by molar-refractivity contribution is 5.29. The van der Waals surface area contributed by atoms with Gasteiger partial charge in [-0.2, -0.15) is 0 Å². The van der Waals surface area contributed by atoms with Gasteiger partial charge in [-0.15, -0.1) is 0 Å². The molecule has 1 aliphatic carbocycles. The highest BCUT2D eigenvalue weighted by Gasteiger charge is 2.42. The molecule has 0 amide bonds. The van der Waals surface area contributed by atoms with Gasteiger partial charge in [-0.05, 0) is 49.8 Å². The number of rotatable bonds is 4. The minimum absolute atomic E-state index is 0.291. The lowest BCUT2D eigenvalue weighted by atomic mass is 9.98. The first-order valence-corrected chi connectivity index (χ1v) is 6.06. The molecule has 2 heteroatoms. The second-order valence-corrected chi connectivity index (χ2v) is 5.36. The Kier molecular flexibility index (Phi) is 2.94. The molecule has 16 heavy (non-hydrogen) atoms. The summed E-state index contributed by atoms with van der Waals surface area (Å²) in [5, 5.41) is 13.1. The zero-order valence-corrected chi connectivity index (χ0v) is 10.3. The fraction of sp³-hybridized carbons (Fsp3) is 0.571. The van der Waals surface area contributed by atoms with Crippen LogP contribution in [0.5, 0.6) is 5.75 Å². The molecule has 1 fully saturated rings. The van der Waals surface area contributed by atoms with Crippen LogP contribution in [0.1, 0.15) is 45.2 Å². The normalized spacial score (nSPS) is 21.4. The third-order valence-corrected chi connectivity index (χ3v) is 3.95. The molecule has 0 heterocycles. The standard InChI is InChI=1S/C14H21NO/c1-10(12-5-4-6-13(16)9-12)15-11(2)14(3)7-8-14/h4-6,9-11,15-16H,7-8H2,1-3H3. The smallest absolute Gasteiger partial charge is 0.115 e. The van der Waals surface area contributed by atoms with Gasteiger partial charge in [0, 0.05) is 12.1 Å². The molecule has 2 rings (SSSR count). The molecule has 2 unspecified atom stereocenters. The van der Waals surface area contributed by atoms with Crippen LogP contribution in [0.2, 0.25) is 0 Å². The lowest BCUT2D eigenvalue weighted by molar-refractivity contribution is 0.350. The van der Waals surface area contributed by atoms with Crippen molar-refractivity contribution in [3.63, 3.8) is 0 Å². The van der Waals surface area contributed by atoms with Crippen LogP contribution in [0.4, 0.5) is 0 Å². The third kappa shape index (κ3) is 2.38. The van der Waals surface area contributed by atoms with E-state index in [4.69, 9.17) is 0 Å². The Morgan fingerprint density at radius 2 is 2.00 bits per heavy atom. The minimum atomic E-state index is 0.291. The summed E-state index contributed by atoms with van der Waals surface area (Å²) in [6.45, 7) is 6.74. The van der Waals surface area contributed by atoms with Crippen LogP contribution in [-0.4, -0.2) is 11.1 Å². The summed E-state index contributed by atoms with van der Waals surface area (Å²) in [7, 11) is 0. The highest BCUT2D eigenvalue weighted by Crippen LogP contribution is 2.48. The maximum atomic E-state index is 9.44. The van der Waals surface area contributed by atoms with Crippen molar-refractivity contribution in [1.82, 2.24) is 5.32 Å². The lowest BCUT2D eigenvalue weighted by Gasteiger charge is -2.25. The summed E-state index contributed by atoms with van der Waals surface area (Å²) >= 11 is 0. The van der Waals surface area contributed by atoms with Crippen molar-refractivity contribution in [2.24, 2.45) is 5.41 Å². The number of phenolic OH excluding ortho intramolecular Hbond substituents is 1. The average molecular weight is 219 g/mol. The molecule has 0 aromatic heterocycles. The topological polar surface area (TPSA) is 32.3 Å². The van der Waals surface area contributed by atoms with E-state index in [2.05, 4.69) is 32.2 Å². The van der Waals surface area contributed by atoms with E-state index in [1.807, 2.05) is 12.1 Å². The maximum Gasteiger partial charge on any atom is 0.115 e. The van der Waals surface area contributed by atoms with Gasteiger partial charge in [-0.25, -0.2) is 0 Å². The average Bonchev–Trinajstić information content (AvgIpc) is 2.98.